The normalized spacial score (nSPS) is 15.5. The van der Waals surface area contributed by atoms with Crippen molar-refractivity contribution in [3.63, 3.8) is 0 Å². The third-order valence-corrected chi connectivity index (χ3v) is 5.54. The zero-order chi connectivity index (χ0) is 30.6. The predicted octanol–water partition coefficient (Wildman–Crippen LogP) is 2.08. The zero-order valence-electron chi connectivity index (χ0n) is 24.5. The summed E-state index contributed by atoms with van der Waals surface area (Å²) >= 11 is 5.31. The summed E-state index contributed by atoms with van der Waals surface area (Å²) in [4.78, 5) is 62.9. The highest BCUT2D eigenvalue weighted by molar-refractivity contribution is 6.29. The van der Waals surface area contributed by atoms with E-state index in [1.54, 1.807) is 9.80 Å². The van der Waals surface area contributed by atoms with Crippen LogP contribution < -0.4 is 21.3 Å². The van der Waals surface area contributed by atoms with Crippen LogP contribution in [0.2, 0.25) is 5.15 Å². The Bertz CT molecular complexity index is 1230. The van der Waals surface area contributed by atoms with Crippen LogP contribution >= 0.6 is 11.6 Å². The number of ether oxygens (including phenoxy) is 2. The molecular formula is C26H41ClN8O6. The number of nitrogens with zero attached hydrogens (tertiary/aromatic N) is 5. The summed E-state index contributed by atoms with van der Waals surface area (Å²) in [5, 5.41) is 3.40. The van der Waals surface area contributed by atoms with Gasteiger partial charge in [-0.2, -0.15) is 0 Å². The first-order valence-electron chi connectivity index (χ1n) is 13.3. The van der Waals surface area contributed by atoms with E-state index >= 15 is 0 Å². The van der Waals surface area contributed by atoms with Crippen LogP contribution in [0.3, 0.4) is 0 Å². The molecule has 2 aromatic rings. The van der Waals surface area contributed by atoms with Gasteiger partial charge >= 0.3 is 12.2 Å². The Hall–Kier alpha value is -3.65. The van der Waals surface area contributed by atoms with Crippen LogP contribution in [0.25, 0.3) is 0 Å². The molecule has 0 unspecified atom stereocenters. The maximum absolute atomic E-state index is 11.9. The van der Waals surface area contributed by atoms with Crippen LogP contribution in [-0.4, -0.2) is 105 Å². The Kier molecular flexibility index (Phi) is 12.6. The molecule has 4 rings (SSSR count). The summed E-state index contributed by atoms with van der Waals surface area (Å²) < 4.78 is 10.6. The van der Waals surface area contributed by atoms with E-state index in [4.69, 9.17) is 21.1 Å². The Morgan fingerprint density at radius 2 is 1.22 bits per heavy atom. The second-order valence-electron chi connectivity index (χ2n) is 11.2. The number of hydrogen-bond donors (Lipinski definition) is 3. The van der Waals surface area contributed by atoms with E-state index < -0.39 is 5.60 Å². The number of aromatic amines is 2. The number of anilines is 1. The molecule has 0 spiro atoms. The largest absolute Gasteiger partial charge is 0.444 e. The molecular weight excluding hydrogens is 556 g/mol. The second-order valence-corrected chi connectivity index (χ2v) is 11.6. The molecule has 0 radical (unpaired) electrons. The fraction of sp³-hybridized carbons (Fsp3) is 0.615. The third-order valence-electron chi connectivity index (χ3n) is 5.33. The lowest BCUT2D eigenvalue weighted by Crippen LogP contribution is -2.50. The monoisotopic (exact) mass is 596 g/mol. The highest BCUT2D eigenvalue weighted by Gasteiger charge is 2.26. The Balaban J connectivity index is 0.000000239. The number of H-pyrrole nitrogens is 2. The second kappa shape index (κ2) is 15.4. The van der Waals surface area contributed by atoms with Crippen molar-refractivity contribution in [2.45, 2.75) is 52.7 Å². The molecule has 2 saturated heterocycles. The van der Waals surface area contributed by atoms with Gasteiger partial charge in [0, 0.05) is 64.5 Å². The van der Waals surface area contributed by atoms with Gasteiger partial charge in [0.1, 0.15) is 22.2 Å². The number of amides is 2. The molecule has 0 saturated carbocycles. The standard InChI is InChI=1S/C13H20N4O3.C9H18N2O2.C4H3ClN2O/c1-13(2,3)20-12(19)17-6-4-16(5-7-17)10-8-11(18)15-9-14-10;1-9(2,3)13-8(12)11-6-4-10-5-7-11;5-3-1-4(8)7-2-6-3/h8-9H,4-7H2,1-3H3,(H,14,15,18);10H,4-7H2,1-3H3;1-2H,(H,6,7,8). The molecule has 3 N–H and O–H groups in total. The molecule has 2 aromatic heterocycles. The maximum Gasteiger partial charge on any atom is 0.410 e. The molecule has 2 aliphatic rings. The fourth-order valence-electron chi connectivity index (χ4n) is 3.49. The van der Waals surface area contributed by atoms with Gasteiger partial charge in [-0.3, -0.25) is 9.59 Å². The number of carbonyl (C=O) groups is 2. The van der Waals surface area contributed by atoms with Crippen LogP contribution in [-0.2, 0) is 9.47 Å². The summed E-state index contributed by atoms with van der Waals surface area (Å²) in [7, 11) is 0. The van der Waals surface area contributed by atoms with Gasteiger partial charge in [-0.1, -0.05) is 11.6 Å². The number of halogens is 1. The highest BCUT2D eigenvalue weighted by Crippen LogP contribution is 2.14. The smallest absolute Gasteiger partial charge is 0.410 e. The summed E-state index contributed by atoms with van der Waals surface area (Å²) in [6.07, 6.45) is 2.15. The molecule has 0 atom stereocenters. The van der Waals surface area contributed by atoms with Crippen molar-refractivity contribution < 1.29 is 19.1 Å². The van der Waals surface area contributed by atoms with Gasteiger partial charge < -0.3 is 39.5 Å². The third kappa shape index (κ3) is 13.5. The van der Waals surface area contributed by atoms with Crippen molar-refractivity contribution >= 4 is 29.6 Å². The Morgan fingerprint density at radius 3 is 1.63 bits per heavy atom. The van der Waals surface area contributed by atoms with Gasteiger partial charge in [-0.05, 0) is 41.5 Å². The summed E-state index contributed by atoms with van der Waals surface area (Å²) in [6.45, 7) is 16.8. The highest BCUT2D eigenvalue weighted by atomic mass is 35.5. The first kappa shape index (κ1) is 33.6. The molecule has 41 heavy (non-hydrogen) atoms. The lowest BCUT2D eigenvalue weighted by Gasteiger charge is -2.36. The Labute approximate surface area is 244 Å². The first-order chi connectivity index (χ1) is 19.1. The molecule has 14 nitrogen and oxygen atoms in total. The minimum absolute atomic E-state index is 0.176. The molecule has 0 aromatic carbocycles. The number of nitrogens with one attached hydrogen (secondary N) is 3. The number of piperazine rings is 2. The summed E-state index contributed by atoms with van der Waals surface area (Å²) in [5.41, 5.74) is -1.28. The van der Waals surface area contributed by atoms with E-state index in [-0.39, 0.29) is 34.1 Å². The van der Waals surface area contributed by atoms with Crippen LogP contribution in [0.5, 0.6) is 0 Å². The SMILES string of the molecule is CC(C)(C)OC(=O)N1CCN(c2cc(=O)[nH]cn2)CC1.CC(C)(C)OC(=O)N1CCNCC1.O=c1cc(Cl)nc[nH]1. The maximum atomic E-state index is 11.9. The molecule has 228 valence electrons. The van der Waals surface area contributed by atoms with Gasteiger partial charge in [0.05, 0.1) is 12.7 Å². The zero-order valence-corrected chi connectivity index (χ0v) is 25.3. The van der Waals surface area contributed by atoms with Crippen LogP contribution in [0, 0.1) is 0 Å². The number of rotatable bonds is 1. The molecule has 4 heterocycles. The number of carbonyl (C=O) groups excluding carboxylic acids is 2. The number of aromatic nitrogens is 4. The van der Waals surface area contributed by atoms with E-state index in [9.17, 15) is 19.2 Å². The average Bonchev–Trinajstić information content (AvgIpc) is 2.88. The molecule has 2 amide bonds. The molecule has 2 fully saturated rings. The van der Waals surface area contributed by atoms with Crippen LogP contribution in [0.15, 0.2) is 34.4 Å². The lowest BCUT2D eigenvalue weighted by molar-refractivity contribution is 0.0223. The first-order valence-corrected chi connectivity index (χ1v) is 13.7. The quantitative estimate of drug-likeness (QED) is 0.415. The van der Waals surface area contributed by atoms with Gasteiger partial charge in [0.15, 0.2) is 0 Å². The summed E-state index contributed by atoms with van der Waals surface area (Å²) in [6, 6.07) is 2.67. The molecule has 0 aliphatic carbocycles. The van der Waals surface area contributed by atoms with Gasteiger partial charge in [-0.15, -0.1) is 0 Å². The minimum atomic E-state index is -0.484. The van der Waals surface area contributed by atoms with Crippen molar-refractivity contribution in [1.82, 2.24) is 35.1 Å². The minimum Gasteiger partial charge on any atom is -0.444 e. The molecule has 2 aliphatic heterocycles. The van der Waals surface area contributed by atoms with E-state index in [0.717, 1.165) is 26.2 Å². The van der Waals surface area contributed by atoms with Crippen molar-refractivity contribution in [3.8, 4) is 0 Å². The van der Waals surface area contributed by atoms with E-state index in [2.05, 4.69) is 25.3 Å². The van der Waals surface area contributed by atoms with Crippen molar-refractivity contribution in [2.24, 2.45) is 0 Å². The van der Waals surface area contributed by atoms with E-state index in [0.29, 0.717) is 32.0 Å². The topological polar surface area (TPSA) is 166 Å². The molecule has 0 bridgehead atoms. The van der Waals surface area contributed by atoms with Crippen LogP contribution in [0.1, 0.15) is 41.5 Å². The molecule has 15 heteroatoms. The number of hydrogen-bond acceptors (Lipinski definition) is 10. The van der Waals surface area contributed by atoms with Crippen molar-refractivity contribution in [3.05, 3.63) is 50.6 Å². The van der Waals surface area contributed by atoms with Gasteiger partial charge in [0.25, 0.3) is 11.1 Å². The van der Waals surface area contributed by atoms with Gasteiger partial charge in [-0.25, -0.2) is 19.6 Å². The summed E-state index contributed by atoms with van der Waals surface area (Å²) in [5.74, 6) is 0.637. The predicted molar refractivity (Wildman–Crippen MR) is 155 cm³/mol. The Morgan fingerprint density at radius 1 is 0.756 bits per heavy atom. The average molecular weight is 597 g/mol. The fourth-order valence-corrected chi connectivity index (χ4v) is 3.64. The van der Waals surface area contributed by atoms with E-state index in [1.807, 2.05) is 46.4 Å². The van der Waals surface area contributed by atoms with Crippen molar-refractivity contribution in [2.75, 3.05) is 57.3 Å². The lowest BCUT2D eigenvalue weighted by atomic mass is 10.2. The van der Waals surface area contributed by atoms with Crippen molar-refractivity contribution in [1.29, 1.82) is 0 Å². The van der Waals surface area contributed by atoms with Gasteiger partial charge in [0.2, 0.25) is 0 Å². The van der Waals surface area contributed by atoms with E-state index in [1.165, 1.54) is 24.8 Å². The van der Waals surface area contributed by atoms with Crippen LogP contribution in [0.4, 0.5) is 15.4 Å².